The van der Waals surface area contributed by atoms with Crippen LogP contribution < -0.4 is 4.74 Å². The van der Waals surface area contributed by atoms with Gasteiger partial charge >= 0.3 is 11.9 Å². The van der Waals surface area contributed by atoms with Gasteiger partial charge in [0.1, 0.15) is 42.9 Å². The molecule has 0 radical (unpaired) electrons. The minimum atomic E-state index is -1.62. The van der Waals surface area contributed by atoms with Gasteiger partial charge in [0.05, 0.1) is 19.3 Å². The molecule has 0 saturated carbocycles. The van der Waals surface area contributed by atoms with E-state index < -0.39 is 49.1 Å². The summed E-state index contributed by atoms with van der Waals surface area (Å²) in [7, 11) is 1.47. The maximum atomic E-state index is 12.7. The van der Waals surface area contributed by atoms with Crippen molar-refractivity contribution in [2.75, 3.05) is 13.7 Å². The molecule has 2 aliphatic heterocycles. The van der Waals surface area contributed by atoms with Gasteiger partial charge in [0.25, 0.3) is 0 Å². The van der Waals surface area contributed by atoms with E-state index in [4.69, 9.17) is 19.3 Å². The van der Waals surface area contributed by atoms with Crippen molar-refractivity contribution in [3.63, 3.8) is 0 Å². The predicted octanol–water partition coefficient (Wildman–Crippen LogP) is 0.543. The van der Waals surface area contributed by atoms with E-state index in [0.717, 1.165) is 5.57 Å². The fourth-order valence-corrected chi connectivity index (χ4v) is 4.43. The first kappa shape index (κ1) is 25.1. The number of esters is 1. The standard InChI is InChI=1S/C23H30O10/c1-10(5-7-15(25)26)4-6-12-16(22-20(29)19(28)18(27)14(8-24)33-22)17-13(9-32-23(17)30)11(2)21(12)31-3/h4,14,18-20,22,24,27-29H,5-9H2,1-3H3,(H,25,26)/t14-,18-,19+,20-,22+/m1/s1. The predicted molar refractivity (Wildman–Crippen MR) is 114 cm³/mol. The fraction of sp³-hybridized carbons (Fsp3) is 0.565. The maximum absolute atomic E-state index is 12.7. The number of methoxy groups -OCH3 is 1. The molecular weight excluding hydrogens is 436 g/mol. The lowest BCUT2D eigenvalue weighted by Gasteiger charge is -2.41. The molecule has 5 N–H and O–H groups in total. The first-order chi connectivity index (χ1) is 15.6. The van der Waals surface area contributed by atoms with Crippen molar-refractivity contribution in [1.82, 2.24) is 0 Å². The summed E-state index contributed by atoms with van der Waals surface area (Å²) in [5.41, 5.74) is 3.02. The molecule has 33 heavy (non-hydrogen) atoms. The minimum Gasteiger partial charge on any atom is -0.496 e. The normalized spacial score (nSPS) is 27.3. The molecule has 10 nitrogen and oxygen atoms in total. The van der Waals surface area contributed by atoms with Crippen LogP contribution in [-0.4, -0.2) is 75.6 Å². The SMILES string of the molecule is COc1c(C)c2c(c([C@@H]3O[C@H](CO)[C@@H](O)[C@H](O)[C@H]3O)c1CC=C(C)CCC(=O)O)C(=O)OC2. The lowest BCUT2D eigenvalue weighted by molar-refractivity contribution is -0.232. The van der Waals surface area contributed by atoms with Gasteiger partial charge in [0.2, 0.25) is 0 Å². The van der Waals surface area contributed by atoms with E-state index in [1.165, 1.54) is 7.11 Å². The molecular formula is C23H30O10. The lowest BCUT2D eigenvalue weighted by atomic mass is 9.82. The highest BCUT2D eigenvalue weighted by Crippen LogP contribution is 2.45. The zero-order valence-corrected chi connectivity index (χ0v) is 18.8. The number of ether oxygens (including phenoxy) is 3. The third kappa shape index (κ3) is 4.75. The number of benzene rings is 1. The summed E-state index contributed by atoms with van der Waals surface area (Å²) in [6, 6.07) is 0. The smallest absolute Gasteiger partial charge is 0.339 e. The molecule has 0 unspecified atom stereocenters. The molecule has 1 aromatic rings. The molecule has 0 aliphatic carbocycles. The van der Waals surface area contributed by atoms with E-state index in [2.05, 4.69) is 0 Å². The quantitative estimate of drug-likeness (QED) is 0.270. The summed E-state index contributed by atoms with van der Waals surface area (Å²) in [6.45, 7) is 2.97. The summed E-state index contributed by atoms with van der Waals surface area (Å²) in [6.07, 6.45) is -4.85. The summed E-state index contributed by atoms with van der Waals surface area (Å²) < 4.78 is 16.7. The van der Waals surface area contributed by atoms with Crippen molar-refractivity contribution in [2.24, 2.45) is 0 Å². The number of carbonyl (C=O) groups excluding carboxylic acids is 1. The largest absolute Gasteiger partial charge is 0.496 e. The third-order valence-corrected chi connectivity index (χ3v) is 6.28. The lowest BCUT2D eigenvalue weighted by Crippen LogP contribution is -2.55. The van der Waals surface area contributed by atoms with Crippen molar-refractivity contribution in [1.29, 1.82) is 0 Å². The van der Waals surface area contributed by atoms with Crippen molar-refractivity contribution in [3.8, 4) is 5.75 Å². The summed E-state index contributed by atoms with van der Waals surface area (Å²) in [5, 5.41) is 49.9. The molecule has 0 spiro atoms. The Morgan fingerprint density at radius 1 is 1.18 bits per heavy atom. The molecule has 182 valence electrons. The molecule has 0 aromatic heterocycles. The summed E-state index contributed by atoms with van der Waals surface area (Å²) >= 11 is 0. The molecule has 5 atom stereocenters. The number of carbonyl (C=O) groups is 2. The van der Waals surface area contributed by atoms with Gasteiger partial charge in [-0.25, -0.2) is 4.79 Å². The zero-order chi connectivity index (χ0) is 24.4. The highest BCUT2D eigenvalue weighted by molar-refractivity contribution is 5.97. The number of allylic oxidation sites excluding steroid dienone is 2. The molecule has 1 saturated heterocycles. The van der Waals surface area contributed by atoms with Crippen LogP contribution in [0.3, 0.4) is 0 Å². The van der Waals surface area contributed by atoms with Crippen molar-refractivity contribution >= 4 is 11.9 Å². The molecule has 0 bridgehead atoms. The van der Waals surface area contributed by atoms with Crippen LogP contribution in [0.15, 0.2) is 11.6 Å². The highest BCUT2D eigenvalue weighted by atomic mass is 16.5. The van der Waals surface area contributed by atoms with Crippen molar-refractivity contribution < 1.29 is 49.3 Å². The average molecular weight is 466 g/mol. The summed E-state index contributed by atoms with van der Waals surface area (Å²) in [4.78, 5) is 23.6. The van der Waals surface area contributed by atoms with Gasteiger partial charge in [0.15, 0.2) is 0 Å². The van der Waals surface area contributed by atoms with Gasteiger partial charge in [-0.2, -0.15) is 0 Å². The molecule has 1 aromatic carbocycles. The molecule has 3 rings (SSSR count). The number of hydrogen-bond donors (Lipinski definition) is 5. The number of aliphatic hydroxyl groups excluding tert-OH is 4. The Bertz CT molecular complexity index is 951. The Labute approximate surface area is 191 Å². The van der Waals surface area contributed by atoms with E-state index in [1.54, 1.807) is 19.9 Å². The minimum absolute atomic E-state index is 0.00847. The first-order valence-corrected chi connectivity index (χ1v) is 10.7. The molecule has 2 heterocycles. The first-order valence-electron chi connectivity index (χ1n) is 10.7. The van der Waals surface area contributed by atoms with Gasteiger partial charge in [-0.1, -0.05) is 11.6 Å². The number of cyclic esters (lactones) is 1. The van der Waals surface area contributed by atoms with E-state index in [-0.39, 0.29) is 30.6 Å². The molecule has 0 amide bonds. The highest BCUT2D eigenvalue weighted by Gasteiger charge is 2.47. The van der Waals surface area contributed by atoms with Crippen LogP contribution in [0.4, 0.5) is 0 Å². The second-order valence-electron chi connectivity index (χ2n) is 8.38. The van der Waals surface area contributed by atoms with E-state index in [9.17, 15) is 30.0 Å². The topological polar surface area (TPSA) is 163 Å². The number of fused-ring (bicyclic) bond motifs is 1. The molecule has 10 heteroatoms. The van der Waals surface area contributed by atoms with Crippen LogP contribution in [0.5, 0.6) is 5.75 Å². The van der Waals surface area contributed by atoms with Gasteiger partial charge in [0, 0.05) is 23.1 Å². The second-order valence-corrected chi connectivity index (χ2v) is 8.38. The number of carboxylic acids is 1. The van der Waals surface area contributed by atoms with Crippen molar-refractivity contribution in [2.45, 2.75) is 70.2 Å². The van der Waals surface area contributed by atoms with Gasteiger partial charge < -0.3 is 39.7 Å². The number of rotatable bonds is 8. The monoisotopic (exact) mass is 466 g/mol. The van der Waals surface area contributed by atoms with E-state index >= 15 is 0 Å². The number of aliphatic hydroxyl groups is 4. The van der Waals surface area contributed by atoms with Crippen LogP contribution in [0.25, 0.3) is 0 Å². The van der Waals surface area contributed by atoms with Crippen LogP contribution in [-0.2, 0) is 27.3 Å². The fourth-order valence-electron chi connectivity index (χ4n) is 4.43. The third-order valence-electron chi connectivity index (χ3n) is 6.28. The van der Waals surface area contributed by atoms with Crippen LogP contribution in [0, 0.1) is 6.92 Å². The van der Waals surface area contributed by atoms with E-state index in [0.29, 0.717) is 28.9 Å². The van der Waals surface area contributed by atoms with E-state index in [1.807, 2.05) is 0 Å². The molecule has 2 aliphatic rings. The average Bonchev–Trinajstić information content (AvgIpc) is 3.17. The summed E-state index contributed by atoms with van der Waals surface area (Å²) in [5.74, 6) is -1.09. The second kappa shape index (κ2) is 10.2. The Kier molecular flexibility index (Phi) is 7.76. The van der Waals surface area contributed by atoms with Gasteiger partial charge in [-0.15, -0.1) is 0 Å². The Balaban J connectivity index is 2.17. The molecule has 1 fully saturated rings. The van der Waals surface area contributed by atoms with Crippen LogP contribution in [0.1, 0.15) is 58.5 Å². The maximum Gasteiger partial charge on any atom is 0.339 e. The van der Waals surface area contributed by atoms with Crippen molar-refractivity contribution in [3.05, 3.63) is 39.5 Å². The van der Waals surface area contributed by atoms with Crippen LogP contribution >= 0.6 is 0 Å². The number of carboxylic acid groups (broad SMARTS) is 1. The zero-order valence-electron chi connectivity index (χ0n) is 18.8. The number of aliphatic carboxylic acids is 1. The number of hydrogen-bond acceptors (Lipinski definition) is 9. The Morgan fingerprint density at radius 3 is 2.48 bits per heavy atom. The van der Waals surface area contributed by atoms with Gasteiger partial charge in [-0.05, 0) is 32.3 Å². The van der Waals surface area contributed by atoms with Gasteiger partial charge in [-0.3, -0.25) is 4.79 Å². The van der Waals surface area contributed by atoms with Crippen LogP contribution in [0.2, 0.25) is 0 Å². The Morgan fingerprint density at radius 2 is 1.88 bits per heavy atom. The Hall–Kier alpha value is -2.50.